The monoisotopic (exact) mass is 326 g/mol. The molecule has 0 unspecified atom stereocenters. The van der Waals surface area contributed by atoms with Crippen LogP contribution >= 0.6 is 0 Å². The van der Waals surface area contributed by atoms with Gasteiger partial charge >= 0.3 is 0 Å². The largest absolute Gasteiger partial charge is 0.340 e. The maximum Gasteiger partial charge on any atom is 0.255 e. The van der Waals surface area contributed by atoms with E-state index < -0.39 is 0 Å². The fourth-order valence-corrected chi connectivity index (χ4v) is 3.42. The van der Waals surface area contributed by atoms with Crippen LogP contribution in [0.2, 0.25) is 0 Å². The van der Waals surface area contributed by atoms with E-state index in [4.69, 9.17) is 4.98 Å². The number of aliphatic imine (C=N–C) groups is 1. The Morgan fingerprint density at radius 2 is 2.21 bits per heavy atom. The highest BCUT2D eigenvalue weighted by Crippen LogP contribution is 2.17. The minimum absolute atomic E-state index is 0.0194. The summed E-state index contributed by atoms with van der Waals surface area (Å²) in [4.78, 5) is 31.3. The van der Waals surface area contributed by atoms with Crippen LogP contribution in [0.15, 0.2) is 22.3 Å². The number of aryl methyl sites for hydroxylation is 1. The molecular weight excluding hydrogens is 304 g/mol. The topological polar surface area (TPSA) is 79.2 Å². The third-order valence-corrected chi connectivity index (χ3v) is 4.69. The molecule has 0 fully saturated rings. The second-order valence-corrected chi connectivity index (χ2v) is 6.62. The summed E-state index contributed by atoms with van der Waals surface area (Å²) in [7, 11) is 1.96. The lowest BCUT2D eigenvalue weighted by Gasteiger charge is -2.27. The van der Waals surface area contributed by atoms with Crippen molar-refractivity contribution in [2.45, 2.75) is 38.8 Å². The number of hydrogen-bond donors (Lipinski definition) is 1. The number of rotatable bonds is 3. The summed E-state index contributed by atoms with van der Waals surface area (Å²) in [5.41, 5.74) is 3.68. The van der Waals surface area contributed by atoms with E-state index >= 15 is 0 Å². The van der Waals surface area contributed by atoms with Crippen molar-refractivity contribution in [2.24, 2.45) is 12.0 Å². The van der Waals surface area contributed by atoms with Gasteiger partial charge in [0.2, 0.25) is 0 Å². The van der Waals surface area contributed by atoms with E-state index in [9.17, 15) is 4.79 Å². The zero-order valence-electron chi connectivity index (χ0n) is 14.0. The van der Waals surface area contributed by atoms with E-state index in [2.05, 4.69) is 19.9 Å². The molecule has 1 N–H and O–H groups in total. The maximum atomic E-state index is 12.5. The smallest absolute Gasteiger partial charge is 0.255 e. The molecular formula is C17H22N6O. The number of fused-ring (bicyclic) bond motifs is 1. The third kappa shape index (κ3) is 3.03. The molecule has 0 atom stereocenters. The van der Waals surface area contributed by atoms with Crippen molar-refractivity contribution in [2.75, 3.05) is 13.1 Å². The fraction of sp³-hybridized carbons (Fsp3) is 0.529. The number of aromatic amines is 1. The summed E-state index contributed by atoms with van der Waals surface area (Å²) in [6.07, 6.45) is 7.78. The Balaban J connectivity index is 1.56. The van der Waals surface area contributed by atoms with Gasteiger partial charge in [0.05, 0.1) is 29.0 Å². The Kier molecular flexibility index (Phi) is 4.02. The summed E-state index contributed by atoms with van der Waals surface area (Å²) in [6, 6.07) is 0. The number of hydrogen-bond acceptors (Lipinski definition) is 5. The van der Waals surface area contributed by atoms with Gasteiger partial charge in [-0.1, -0.05) is 0 Å². The Morgan fingerprint density at radius 3 is 2.96 bits per heavy atom. The number of nitrogens with zero attached hydrogens (tertiary/aromatic N) is 5. The number of aromatic nitrogens is 4. The van der Waals surface area contributed by atoms with Gasteiger partial charge in [0.15, 0.2) is 5.82 Å². The molecule has 0 spiro atoms. The first-order valence-corrected chi connectivity index (χ1v) is 8.54. The van der Waals surface area contributed by atoms with Crippen LogP contribution in [-0.2, 0) is 26.6 Å². The lowest BCUT2D eigenvalue weighted by atomic mass is 10.1. The van der Waals surface area contributed by atoms with Crippen LogP contribution in [0.3, 0.4) is 0 Å². The average molecular weight is 326 g/mol. The van der Waals surface area contributed by atoms with Crippen molar-refractivity contribution in [3.8, 4) is 0 Å². The molecule has 4 heterocycles. The Labute approximate surface area is 140 Å². The standard InChI is InChI=1S/C17H22N6O/c1-22-8-12(19-11-22)9-23-7-5-14-13(10-23)17(24)21-16(20-14)15-4-2-3-6-18-15/h8,11H,2-7,9-10H2,1H3,(H,20,21,24). The van der Waals surface area contributed by atoms with Gasteiger partial charge in [0.1, 0.15) is 0 Å². The lowest BCUT2D eigenvalue weighted by Crippen LogP contribution is -2.36. The molecule has 0 saturated heterocycles. The van der Waals surface area contributed by atoms with Crippen LogP contribution in [-0.4, -0.2) is 43.2 Å². The molecule has 0 aliphatic carbocycles. The van der Waals surface area contributed by atoms with Gasteiger partial charge in [-0.25, -0.2) is 9.97 Å². The zero-order chi connectivity index (χ0) is 16.5. The third-order valence-electron chi connectivity index (χ3n) is 4.69. The summed E-state index contributed by atoms with van der Waals surface area (Å²) in [5.74, 6) is 0.677. The van der Waals surface area contributed by atoms with Crippen molar-refractivity contribution in [1.29, 1.82) is 0 Å². The fourth-order valence-electron chi connectivity index (χ4n) is 3.42. The molecule has 7 nitrogen and oxygen atoms in total. The number of imidazole rings is 1. The van der Waals surface area contributed by atoms with Crippen LogP contribution in [0.4, 0.5) is 0 Å². The van der Waals surface area contributed by atoms with Crippen LogP contribution in [0.5, 0.6) is 0 Å². The maximum absolute atomic E-state index is 12.5. The van der Waals surface area contributed by atoms with Crippen LogP contribution in [0, 0.1) is 0 Å². The summed E-state index contributed by atoms with van der Waals surface area (Å²) < 4.78 is 1.94. The minimum Gasteiger partial charge on any atom is -0.340 e. The van der Waals surface area contributed by atoms with E-state index in [1.165, 1.54) is 0 Å². The van der Waals surface area contributed by atoms with Crippen molar-refractivity contribution in [1.82, 2.24) is 24.4 Å². The highest BCUT2D eigenvalue weighted by Gasteiger charge is 2.23. The predicted molar refractivity (Wildman–Crippen MR) is 91.1 cm³/mol. The van der Waals surface area contributed by atoms with Gasteiger partial charge in [-0.05, 0) is 19.3 Å². The molecule has 0 bridgehead atoms. The predicted octanol–water partition coefficient (Wildman–Crippen LogP) is 1.03. The molecule has 2 aliphatic heterocycles. The Hall–Kier alpha value is -2.28. The van der Waals surface area contributed by atoms with E-state index in [1.54, 1.807) is 6.33 Å². The van der Waals surface area contributed by atoms with Gasteiger partial charge in [-0.15, -0.1) is 0 Å². The quantitative estimate of drug-likeness (QED) is 0.914. The van der Waals surface area contributed by atoms with E-state index in [-0.39, 0.29) is 5.56 Å². The van der Waals surface area contributed by atoms with Gasteiger partial charge in [0, 0.05) is 45.8 Å². The molecule has 0 radical (unpaired) electrons. The highest BCUT2D eigenvalue weighted by atomic mass is 16.1. The van der Waals surface area contributed by atoms with Gasteiger partial charge in [-0.3, -0.25) is 14.7 Å². The summed E-state index contributed by atoms with van der Waals surface area (Å²) in [5, 5.41) is 0. The molecule has 4 rings (SSSR count). The molecule has 2 aromatic rings. The molecule has 126 valence electrons. The minimum atomic E-state index is -0.0194. The van der Waals surface area contributed by atoms with Crippen molar-refractivity contribution < 1.29 is 0 Å². The Bertz CT molecular complexity index is 834. The van der Waals surface area contributed by atoms with E-state index in [0.717, 1.165) is 68.0 Å². The molecule has 2 aromatic heterocycles. The van der Waals surface area contributed by atoms with Gasteiger partial charge < -0.3 is 9.55 Å². The van der Waals surface area contributed by atoms with Crippen LogP contribution < -0.4 is 5.56 Å². The van der Waals surface area contributed by atoms with Crippen LogP contribution in [0.25, 0.3) is 0 Å². The molecule has 0 amide bonds. The van der Waals surface area contributed by atoms with Crippen molar-refractivity contribution >= 4 is 5.71 Å². The summed E-state index contributed by atoms with van der Waals surface area (Å²) in [6.45, 7) is 3.12. The van der Waals surface area contributed by atoms with Crippen molar-refractivity contribution in [3.63, 3.8) is 0 Å². The molecule has 24 heavy (non-hydrogen) atoms. The Morgan fingerprint density at radius 1 is 1.29 bits per heavy atom. The van der Waals surface area contributed by atoms with Gasteiger partial charge in [-0.2, -0.15) is 0 Å². The normalized spacial score (nSPS) is 18.3. The zero-order valence-corrected chi connectivity index (χ0v) is 14.0. The molecule has 2 aliphatic rings. The first kappa shape index (κ1) is 15.3. The number of nitrogens with one attached hydrogen (secondary N) is 1. The van der Waals surface area contributed by atoms with Gasteiger partial charge in [0.25, 0.3) is 5.56 Å². The first-order chi connectivity index (χ1) is 11.7. The first-order valence-electron chi connectivity index (χ1n) is 8.54. The molecule has 0 aromatic carbocycles. The lowest BCUT2D eigenvalue weighted by molar-refractivity contribution is 0.239. The molecule has 0 saturated carbocycles. The average Bonchev–Trinajstić information content (AvgIpc) is 3.01. The van der Waals surface area contributed by atoms with Crippen LogP contribution in [0.1, 0.15) is 42.0 Å². The molecule has 7 heteroatoms. The second-order valence-electron chi connectivity index (χ2n) is 6.62. The van der Waals surface area contributed by atoms with Crippen molar-refractivity contribution in [3.05, 3.63) is 45.7 Å². The highest BCUT2D eigenvalue weighted by molar-refractivity contribution is 5.97. The van der Waals surface area contributed by atoms with E-state index in [1.807, 2.05) is 17.8 Å². The van der Waals surface area contributed by atoms with E-state index in [0.29, 0.717) is 12.4 Å². The SMILES string of the molecule is Cn1cnc(CN2CCc3nc(C4=NCCCC4)[nH]c(=O)c3C2)c1. The number of H-pyrrole nitrogens is 1. The second kappa shape index (κ2) is 6.32. The summed E-state index contributed by atoms with van der Waals surface area (Å²) >= 11 is 0.